The van der Waals surface area contributed by atoms with Crippen LogP contribution in [0.5, 0.6) is 11.5 Å². The smallest absolute Gasteiger partial charge is 0.259 e. The van der Waals surface area contributed by atoms with Crippen LogP contribution in [0.3, 0.4) is 0 Å². The second-order valence-corrected chi connectivity index (χ2v) is 6.18. The number of rotatable bonds is 7. The van der Waals surface area contributed by atoms with Gasteiger partial charge in [-0.3, -0.25) is 4.79 Å². The number of carbonyl (C=O) groups is 1. The minimum absolute atomic E-state index is 0.118. The quantitative estimate of drug-likeness (QED) is 0.485. The number of anilines is 1. The third-order valence-electron chi connectivity index (χ3n) is 4.39. The number of nitrogens with one attached hydrogen (secondary N) is 2. The van der Waals surface area contributed by atoms with Crippen LogP contribution in [-0.4, -0.2) is 32.4 Å². The summed E-state index contributed by atoms with van der Waals surface area (Å²) < 4.78 is 10.5. The van der Waals surface area contributed by atoms with Gasteiger partial charge in [0.15, 0.2) is 0 Å². The summed E-state index contributed by atoms with van der Waals surface area (Å²) >= 11 is 0. The summed E-state index contributed by atoms with van der Waals surface area (Å²) in [6.07, 6.45) is 0. The van der Waals surface area contributed by atoms with Gasteiger partial charge in [-0.25, -0.2) is 5.43 Å². The van der Waals surface area contributed by atoms with Gasteiger partial charge in [-0.05, 0) is 48.7 Å². The van der Waals surface area contributed by atoms with E-state index in [0.717, 1.165) is 39.2 Å². The van der Waals surface area contributed by atoms with Crippen molar-refractivity contribution in [3.63, 3.8) is 0 Å². The first kappa shape index (κ1) is 19.2. The third kappa shape index (κ3) is 4.40. The largest absolute Gasteiger partial charge is 0.497 e. The molecule has 0 aliphatic heterocycles. The van der Waals surface area contributed by atoms with Gasteiger partial charge in [0.2, 0.25) is 0 Å². The first-order chi connectivity index (χ1) is 13.6. The first-order valence-corrected chi connectivity index (χ1v) is 8.89. The normalized spacial score (nSPS) is 11.2. The van der Waals surface area contributed by atoms with Crippen molar-refractivity contribution in [3.8, 4) is 11.5 Å². The highest BCUT2D eigenvalue weighted by atomic mass is 16.5. The fourth-order valence-electron chi connectivity index (χ4n) is 2.90. The molecule has 0 radical (unpaired) electrons. The Balaban J connectivity index is 1.67. The van der Waals surface area contributed by atoms with Crippen LogP contribution in [0.25, 0.3) is 10.8 Å². The summed E-state index contributed by atoms with van der Waals surface area (Å²) in [5, 5.41) is 9.33. The molecule has 0 aliphatic rings. The molecule has 0 aliphatic carbocycles. The predicted molar refractivity (Wildman–Crippen MR) is 112 cm³/mol. The van der Waals surface area contributed by atoms with Crippen LogP contribution >= 0.6 is 0 Å². The van der Waals surface area contributed by atoms with Gasteiger partial charge in [0.25, 0.3) is 5.91 Å². The van der Waals surface area contributed by atoms with Gasteiger partial charge < -0.3 is 14.8 Å². The van der Waals surface area contributed by atoms with E-state index in [4.69, 9.17) is 9.47 Å². The van der Waals surface area contributed by atoms with E-state index in [1.54, 1.807) is 14.2 Å². The molecule has 144 valence electrons. The summed E-state index contributed by atoms with van der Waals surface area (Å²) in [6.45, 7) is 1.98. The van der Waals surface area contributed by atoms with Gasteiger partial charge in [0.1, 0.15) is 11.5 Å². The van der Waals surface area contributed by atoms with Gasteiger partial charge in [0, 0.05) is 16.6 Å². The molecule has 3 rings (SSSR count). The van der Waals surface area contributed by atoms with Gasteiger partial charge in [-0.1, -0.05) is 24.3 Å². The number of ether oxygens (including phenoxy) is 2. The van der Waals surface area contributed by atoms with Crippen molar-refractivity contribution in [1.82, 2.24) is 5.43 Å². The molecular formula is C22H23N3O3. The van der Waals surface area contributed by atoms with E-state index in [0.29, 0.717) is 0 Å². The minimum Gasteiger partial charge on any atom is -0.497 e. The van der Waals surface area contributed by atoms with Crippen LogP contribution in [0.2, 0.25) is 0 Å². The fourth-order valence-corrected chi connectivity index (χ4v) is 2.90. The molecule has 6 heteroatoms. The zero-order valence-electron chi connectivity index (χ0n) is 16.2. The lowest BCUT2D eigenvalue weighted by Crippen LogP contribution is -2.26. The Morgan fingerprint density at radius 1 is 0.929 bits per heavy atom. The molecule has 0 fully saturated rings. The maximum atomic E-state index is 12.1. The van der Waals surface area contributed by atoms with Gasteiger partial charge in [-0.15, -0.1) is 0 Å². The topological polar surface area (TPSA) is 72.0 Å². The predicted octanol–water partition coefficient (Wildman–Crippen LogP) is 3.81. The van der Waals surface area contributed by atoms with Crippen LogP contribution in [0.15, 0.2) is 65.8 Å². The lowest BCUT2D eigenvalue weighted by atomic mass is 10.0. The van der Waals surface area contributed by atoms with E-state index in [9.17, 15) is 4.79 Å². The molecule has 0 heterocycles. The van der Waals surface area contributed by atoms with E-state index in [-0.39, 0.29) is 12.5 Å². The Hall–Kier alpha value is -3.54. The van der Waals surface area contributed by atoms with Crippen molar-refractivity contribution in [3.05, 3.63) is 66.2 Å². The molecule has 0 saturated carbocycles. The number of carbonyl (C=O) groups excluding carboxylic acids is 1. The summed E-state index contributed by atoms with van der Waals surface area (Å²) in [6, 6.07) is 19.2. The van der Waals surface area contributed by atoms with Gasteiger partial charge in [0.05, 0.1) is 26.5 Å². The number of amides is 1. The minimum atomic E-state index is -0.229. The molecule has 3 aromatic rings. The maximum Gasteiger partial charge on any atom is 0.259 e. The van der Waals surface area contributed by atoms with E-state index in [2.05, 4.69) is 15.8 Å². The van der Waals surface area contributed by atoms with Gasteiger partial charge >= 0.3 is 0 Å². The van der Waals surface area contributed by atoms with E-state index >= 15 is 0 Å². The number of fused-ring (bicyclic) bond motifs is 1. The number of hydrogen-bond donors (Lipinski definition) is 2. The monoisotopic (exact) mass is 377 g/mol. The van der Waals surface area contributed by atoms with Crippen LogP contribution < -0.4 is 20.2 Å². The molecular weight excluding hydrogens is 354 g/mol. The Kier molecular flexibility index (Phi) is 6.11. The molecule has 0 atom stereocenters. The average Bonchev–Trinajstić information content (AvgIpc) is 2.75. The maximum absolute atomic E-state index is 12.1. The van der Waals surface area contributed by atoms with E-state index in [1.165, 1.54) is 0 Å². The first-order valence-electron chi connectivity index (χ1n) is 8.89. The summed E-state index contributed by atoms with van der Waals surface area (Å²) in [5.41, 5.74) is 5.09. The fraction of sp³-hybridized carbons (Fsp3) is 0.182. The third-order valence-corrected chi connectivity index (χ3v) is 4.39. The molecule has 0 bridgehead atoms. The van der Waals surface area contributed by atoms with Crippen molar-refractivity contribution in [2.45, 2.75) is 6.92 Å². The molecule has 0 unspecified atom stereocenters. The summed E-state index contributed by atoms with van der Waals surface area (Å²) in [5.74, 6) is 1.34. The highest BCUT2D eigenvalue weighted by Crippen LogP contribution is 2.28. The van der Waals surface area contributed by atoms with Crippen molar-refractivity contribution >= 4 is 28.1 Å². The van der Waals surface area contributed by atoms with Crippen LogP contribution in [-0.2, 0) is 4.79 Å². The Labute approximate surface area is 164 Å². The molecule has 6 nitrogen and oxygen atoms in total. The molecule has 0 spiro atoms. The van der Waals surface area contributed by atoms with Crippen LogP contribution in [0.4, 0.5) is 5.69 Å². The number of methoxy groups -OCH3 is 2. The average molecular weight is 377 g/mol. The van der Waals surface area contributed by atoms with Crippen molar-refractivity contribution in [1.29, 1.82) is 0 Å². The summed E-state index contributed by atoms with van der Waals surface area (Å²) in [7, 11) is 3.26. The Morgan fingerprint density at radius 3 is 2.32 bits per heavy atom. The number of nitrogens with zero attached hydrogens (tertiary/aromatic N) is 1. The molecule has 0 aromatic heterocycles. The van der Waals surface area contributed by atoms with Crippen molar-refractivity contribution < 1.29 is 14.3 Å². The van der Waals surface area contributed by atoms with E-state index < -0.39 is 0 Å². The van der Waals surface area contributed by atoms with Crippen LogP contribution in [0.1, 0.15) is 12.5 Å². The molecule has 1 amide bonds. The Morgan fingerprint density at radius 2 is 1.64 bits per heavy atom. The van der Waals surface area contributed by atoms with Crippen LogP contribution in [0, 0.1) is 0 Å². The summed E-state index contributed by atoms with van der Waals surface area (Å²) in [4.78, 5) is 12.1. The zero-order valence-corrected chi connectivity index (χ0v) is 16.2. The zero-order chi connectivity index (χ0) is 19.9. The van der Waals surface area contributed by atoms with Crippen molar-refractivity contribution in [2.24, 2.45) is 5.10 Å². The van der Waals surface area contributed by atoms with Gasteiger partial charge in [-0.2, -0.15) is 5.10 Å². The Bertz CT molecular complexity index is 998. The second-order valence-electron chi connectivity index (χ2n) is 6.18. The highest BCUT2D eigenvalue weighted by molar-refractivity contribution is 6.11. The molecule has 3 aromatic carbocycles. The number of benzene rings is 3. The highest BCUT2D eigenvalue weighted by Gasteiger charge is 2.09. The molecule has 0 saturated heterocycles. The lowest BCUT2D eigenvalue weighted by molar-refractivity contribution is -0.119. The van der Waals surface area contributed by atoms with E-state index in [1.807, 2.05) is 67.6 Å². The van der Waals surface area contributed by atoms with Crippen molar-refractivity contribution in [2.75, 3.05) is 26.1 Å². The molecule has 2 N–H and O–H groups in total. The lowest BCUT2D eigenvalue weighted by Gasteiger charge is -2.11. The number of hydrazone groups is 1. The standard InChI is InChI=1S/C22H23N3O3/c1-15(18-12-13-21(28-3)20-7-5-4-6-19(18)20)24-25-22(26)14-23-16-8-10-17(27-2)11-9-16/h4-13,23H,14H2,1-3H3,(H,25,26)/b24-15-. The number of hydrogen-bond acceptors (Lipinski definition) is 5. The SMILES string of the molecule is COc1ccc(NCC(=O)N/N=C(/C)c2ccc(OC)c3ccccc23)cc1. The molecule has 28 heavy (non-hydrogen) atoms. The second kappa shape index (κ2) is 8.90.